The molecule has 0 fully saturated rings. The monoisotopic (exact) mass is 134 g/mol. The minimum Gasteiger partial charge on any atom is -0.396 e. The van der Waals surface area contributed by atoms with Gasteiger partial charge in [-0.2, -0.15) is 11.8 Å². The van der Waals surface area contributed by atoms with E-state index >= 15 is 0 Å². The summed E-state index contributed by atoms with van der Waals surface area (Å²) in [6, 6.07) is 0. The highest BCUT2D eigenvalue weighted by molar-refractivity contribution is 7.98. The molecule has 0 rings (SSSR count). The van der Waals surface area contributed by atoms with Crippen molar-refractivity contribution in [1.82, 2.24) is 0 Å². The van der Waals surface area contributed by atoms with Crippen LogP contribution in [0, 0.1) is 5.41 Å². The topological polar surface area (TPSA) is 20.2 Å². The molecule has 0 aliphatic heterocycles. The van der Waals surface area contributed by atoms with E-state index in [9.17, 15) is 0 Å². The van der Waals surface area contributed by atoms with Crippen LogP contribution in [0.3, 0.4) is 0 Å². The summed E-state index contributed by atoms with van der Waals surface area (Å²) in [5.74, 6) is 1.03. The molecule has 1 N–H and O–H groups in total. The van der Waals surface area contributed by atoms with Gasteiger partial charge in [-0.1, -0.05) is 13.8 Å². The van der Waals surface area contributed by atoms with Gasteiger partial charge in [-0.05, 0) is 11.7 Å². The van der Waals surface area contributed by atoms with E-state index in [2.05, 4.69) is 20.1 Å². The van der Waals surface area contributed by atoms with Gasteiger partial charge in [0.2, 0.25) is 0 Å². The predicted molar refractivity (Wildman–Crippen MR) is 39.2 cm³/mol. The van der Waals surface area contributed by atoms with Crippen LogP contribution in [0.5, 0.6) is 0 Å². The van der Waals surface area contributed by atoms with Crippen molar-refractivity contribution in [3.63, 3.8) is 0 Å². The fourth-order valence-corrected chi connectivity index (χ4v) is 1.31. The highest BCUT2D eigenvalue weighted by Crippen LogP contribution is 2.18. The van der Waals surface area contributed by atoms with Crippen molar-refractivity contribution >= 4 is 11.8 Å². The van der Waals surface area contributed by atoms with E-state index in [0.29, 0.717) is 0 Å². The van der Waals surface area contributed by atoms with E-state index in [1.807, 2.05) is 0 Å². The maximum absolute atomic E-state index is 8.71. The van der Waals surface area contributed by atoms with Crippen LogP contribution in [0.25, 0.3) is 0 Å². The van der Waals surface area contributed by atoms with E-state index in [1.54, 1.807) is 11.8 Å². The summed E-state index contributed by atoms with van der Waals surface area (Å²) in [5.41, 5.74) is 0.111. The molecule has 0 aromatic rings. The first-order chi connectivity index (χ1) is 3.62. The summed E-state index contributed by atoms with van der Waals surface area (Å²) in [7, 11) is 0. The Kier molecular flexibility index (Phi) is 3.49. The summed E-state index contributed by atoms with van der Waals surface area (Å²) in [6.45, 7) is 4.40. The molecule has 0 aromatic heterocycles. The first-order valence-corrected chi connectivity index (χ1v) is 4.11. The Bertz CT molecular complexity index is 61.5. The van der Waals surface area contributed by atoms with E-state index in [0.717, 1.165) is 5.75 Å². The van der Waals surface area contributed by atoms with Crippen molar-refractivity contribution < 1.29 is 5.11 Å². The molecule has 2 heteroatoms. The number of aliphatic hydroxyl groups is 1. The first kappa shape index (κ1) is 8.31. The molecule has 0 aromatic carbocycles. The van der Waals surface area contributed by atoms with Gasteiger partial charge in [0.15, 0.2) is 0 Å². The highest BCUT2D eigenvalue weighted by Gasteiger charge is 2.14. The van der Waals surface area contributed by atoms with Gasteiger partial charge in [0, 0.05) is 12.4 Å². The lowest BCUT2D eigenvalue weighted by Gasteiger charge is -2.18. The van der Waals surface area contributed by atoms with Gasteiger partial charge in [-0.3, -0.25) is 0 Å². The van der Waals surface area contributed by atoms with Crippen LogP contribution in [0.1, 0.15) is 13.8 Å². The molecule has 0 spiro atoms. The Hall–Kier alpha value is 0.310. The molecule has 0 saturated carbocycles. The van der Waals surface area contributed by atoms with Gasteiger partial charge in [0.1, 0.15) is 0 Å². The second kappa shape index (κ2) is 3.36. The molecule has 8 heavy (non-hydrogen) atoms. The van der Waals surface area contributed by atoms with Gasteiger partial charge in [0.25, 0.3) is 0 Å². The van der Waals surface area contributed by atoms with Crippen molar-refractivity contribution in [3.8, 4) is 0 Å². The molecule has 0 saturated heterocycles. The summed E-state index contributed by atoms with van der Waals surface area (Å²) >= 11 is 1.77. The quantitative estimate of drug-likeness (QED) is 0.629. The lowest BCUT2D eigenvalue weighted by Crippen LogP contribution is -2.19. The Balaban J connectivity index is 3.37. The average molecular weight is 134 g/mol. The normalized spacial score (nSPS) is 12.0. The van der Waals surface area contributed by atoms with E-state index < -0.39 is 0 Å². The van der Waals surface area contributed by atoms with E-state index in [-0.39, 0.29) is 12.0 Å². The van der Waals surface area contributed by atoms with E-state index in [4.69, 9.17) is 5.11 Å². The minimum atomic E-state index is 0.111. The zero-order valence-electron chi connectivity index (χ0n) is 5.77. The Morgan fingerprint density at radius 2 is 2.00 bits per heavy atom. The lowest BCUT2D eigenvalue weighted by molar-refractivity contribution is 0.181. The van der Waals surface area contributed by atoms with Crippen molar-refractivity contribution in [2.24, 2.45) is 5.41 Å². The minimum absolute atomic E-state index is 0.111. The Morgan fingerprint density at radius 3 is 2.12 bits per heavy atom. The smallest absolute Gasteiger partial charge is 0.0490 e. The Labute approximate surface area is 55.5 Å². The SMILES string of the molecule is CSCC(C)(C)CO. The number of hydrogen-bond donors (Lipinski definition) is 1. The molecule has 0 unspecified atom stereocenters. The van der Waals surface area contributed by atoms with Gasteiger partial charge in [-0.25, -0.2) is 0 Å². The van der Waals surface area contributed by atoms with Gasteiger partial charge >= 0.3 is 0 Å². The standard InChI is InChI=1S/C6H14OS/c1-6(2,4-7)5-8-3/h7H,4-5H2,1-3H3. The third-order valence-electron chi connectivity index (χ3n) is 0.963. The second-order valence-electron chi connectivity index (χ2n) is 2.76. The fraction of sp³-hybridized carbons (Fsp3) is 1.00. The van der Waals surface area contributed by atoms with Crippen LogP contribution < -0.4 is 0 Å². The third-order valence-corrected chi connectivity index (χ3v) is 2.03. The number of rotatable bonds is 3. The summed E-state index contributed by atoms with van der Waals surface area (Å²) in [6.07, 6.45) is 2.05. The molecular weight excluding hydrogens is 120 g/mol. The van der Waals surface area contributed by atoms with Crippen molar-refractivity contribution in [1.29, 1.82) is 0 Å². The van der Waals surface area contributed by atoms with Gasteiger partial charge in [-0.15, -0.1) is 0 Å². The predicted octanol–water partition coefficient (Wildman–Crippen LogP) is 1.37. The van der Waals surface area contributed by atoms with E-state index in [1.165, 1.54) is 0 Å². The molecule has 0 amide bonds. The van der Waals surface area contributed by atoms with Crippen molar-refractivity contribution in [2.75, 3.05) is 18.6 Å². The van der Waals surface area contributed by atoms with Crippen molar-refractivity contribution in [3.05, 3.63) is 0 Å². The van der Waals surface area contributed by atoms with Crippen LogP contribution in [0.4, 0.5) is 0 Å². The largest absolute Gasteiger partial charge is 0.396 e. The zero-order valence-corrected chi connectivity index (χ0v) is 6.59. The zero-order chi connectivity index (χ0) is 6.62. The molecule has 0 aliphatic rings. The number of thioether (sulfide) groups is 1. The molecule has 0 atom stereocenters. The van der Waals surface area contributed by atoms with Crippen molar-refractivity contribution in [2.45, 2.75) is 13.8 Å². The Morgan fingerprint density at radius 1 is 1.50 bits per heavy atom. The summed E-state index contributed by atoms with van der Waals surface area (Å²) in [4.78, 5) is 0. The van der Waals surface area contributed by atoms with Gasteiger partial charge < -0.3 is 5.11 Å². The molecule has 0 bridgehead atoms. The molecule has 0 heterocycles. The first-order valence-electron chi connectivity index (χ1n) is 2.72. The van der Waals surface area contributed by atoms with Crippen LogP contribution in [0.15, 0.2) is 0 Å². The lowest BCUT2D eigenvalue weighted by atomic mass is 9.98. The molecule has 1 nitrogen and oxygen atoms in total. The average Bonchev–Trinajstić information content (AvgIpc) is 1.67. The molecular formula is C6H14OS. The van der Waals surface area contributed by atoms with Crippen LogP contribution in [-0.2, 0) is 0 Å². The van der Waals surface area contributed by atoms with Gasteiger partial charge in [0.05, 0.1) is 0 Å². The maximum atomic E-state index is 8.71. The molecule has 0 radical (unpaired) electrons. The number of aliphatic hydroxyl groups excluding tert-OH is 1. The molecule has 50 valence electrons. The second-order valence-corrected chi connectivity index (χ2v) is 3.62. The third kappa shape index (κ3) is 3.33. The fourth-order valence-electron chi connectivity index (χ4n) is 0.436. The maximum Gasteiger partial charge on any atom is 0.0490 e. The van der Waals surface area contributed by atoms with Crippen LogP contribution in [-0.4, -0.2) is 23.7 Å². The van der Waals surface area contributed by atoms with Crippen LogP contribution >= 0.6 is 11.8 Å². The number of hydrogen-bond acceptors (Lipinski definition) is 2. The molecule has 0 aliphatic carbocycles. The summed E-state index contributed by atoms with van der Waals surface area (Å²) < 4.78 is 0. The summed E-state index contributed by atoms with van der Waals surface area (Å²) in [5, 5.41) is 8.71. The highest BCUT2D eigenvalue weighted by atomic mass is 32.2. The van der Waals surface area contributed by atoms with Crippen LogP contribution in [0.2, 0.25) is 0 Å².